The summed E-state index contributed by atoms with van der Waals surface area (Å²) in [4.78, 5) is 0. The van der Waals surface area contributed by atoms with Crippen molar-refractivity contribution in [3.05, 3.63) is 59.7 Å². The maximum absolute atomic E-state index is 9.69. The van der Waals surface area contributed by atoms with Crippen LogP contribution in [0.2, 0.25) is 0 Å². The predicted octanol–water partition coefficient (Wildman–Crippen LogP) is 2.95. The van der Waals surface area contributed by atoms with Gasteiger partial charge in [0.1, 0.15) is 6.61 Å². The van der Waals surface area contributed by atoms with E-state index in [0.29, 0.717) is 30.9 Å². The molecule has 2 N–H and O–H groups in total. The number of hydrogen-bond acceptors (Lipinski definition) is 4. The Morgan fingerprint density at radius 3 is 2.43 bits per heavy atom. The molecule has 0 spiro atoms. The highest BCUT2D eigenvalue weighted by Gasteiger charge is 2.08. The van der Waals surface area contributed by atoms with Gasteiger partial charge in [-0.2, -0.15) is 0 Å². The molecule has 2 aromatic carbocycles. The third kappa shape index (κ3) is 5.58. The number of aryl methyl sites for hydroxylation is 1. The van der Waals surface area contributed by atoms with Crippen molar-refractivity contribution in [1.29, 1.82) is 0 Å². The number of aliphatic hydroxyl groups excluding tert-OH is 2. The minimum Gasteiger partial charge on any atom is -0.493 e. The molecule has 0 radical (unpaired) electrons. The van der Waals surface area contributed by atoms with Crippen LogP contribution in [0.3, 0.4) is 0 Å². The number of hydrogen-bond donors (Lipinski definition) is 2. The second-order valence-corrected chi connectivity index (χ2v) is 5.46. The van der Waals surface area contributed by atoms with Crippen LogP contribution >= 0.6 is 0 Å². The summed E-state index contributed by atoms with van der Waals surface area (Å²) in [5, 5.41) is 18.5. The quantitative estimate of drug-likeness (QED) is 0.747. The second kappa shape index (κ2) is 9.18. The first-order chi connectivity index (χ1) is 11.2. The van der Waals surface area contributed by atoms with E-state index in [9.17, 15) is 5.11 Å². The normalized spacial score (nSPS) is 12.0. The van der Waals surface area contributed by atoms with Crippen molar-refractivity contribution in [2.24, 2.45) is 0 Å². The lowest BCUT2D eigenvalue weighted by molar-refractivity contribution is 0.125. The Balaban J connectivity index is 1.96. The Morgan fingerprint density at radius 2 is 1.74 bits per heavy atom. The average molecular weight is 316 g/mol. The highest BCUT2D eigenvalue weighted by molar-refractivity contribution is 5.43. The molecule has 2 rings (SSSR count). The van der Waals surface area contributed by atoms with Gasteiger partial charge >= 0.3 is 0 Å². The zero-order valence-electron chi connectivity index (χ0n) is 13.4. The van der Waals surface area contributed by atoms with Crippen molar-refractivity contribution in [2.75, 3.05) is 13.7 Å². The largest absolute Gasteiger partial charge is 0.493 e. The van der Waals surface area contributed by atoms with Crippen molar-refractivity contribution in [3.8, 4) is 11.5 Å². The topological polar surface area (TPSA) is 58.9 Å². The highest BCUT2D eigenvalue weighted by Crippen LogP contribution is 2.29. The summed E-state index contributed by atoms with van der Waals surface area (Å²) in [6.45, 7) is 0.502. The Labute approximate surface area is 137 Å². The van der Waals surface area contributed by atoms with Crippen LogP contribution in [-0.4, -0.2) is 30.0 Å². The summed E-state index contributed by atoms with van der Waals surface area (Å²) in [7, 11) is 1.62. The molecule has 0 aliphatic heterocycles. The van der Waals surface area contributed by atoms with Crippen molar-refractivity contribution in [1.82, 2.24) is 0 Å². The second-order valence-electron chi connectivity index (χ2n) is 5.46. The maximum atomic E-state index is 9.69. The van der Waals surface area contributed by atoms with Crippen molar-refractivity contribution < 1.29 is 19.7 Å². The lowest BCUT2D eigenvalue weighted by Crippen LogP contribution is -2.09. The molecule has 124 valence electrons. The van der Waals surface area contributed by atoms with E-state index in [1.807, 2.05) is 48.5 Å². The minimum absolute atomic E-state index is 0.0107. The van der Waals surface area contributed by atoms with Crippen LogP contribution in [-0.2, 0) is 13.0 Å². The molecule has 0 unspecified atom stereocenters. The minimum atomic E-state index is -0.472. The van der Waals surface area contributed by atoms with Gasteiger partial charge in [0.25, 0.3) is 0 Å². The van der Waals surface area contributed by atoms with Gasteiger partial charge < -0.3 is 19.7 Å². The van der Waals surface area contributed by atoms with Crippen LogP contribution in [0.25, 0.3) is 0 Å². The fourth-order valence-corrected chi connectivity index (χ4v) is 2.35. The summed E-state index contributed by atoms with van der Waals surface area (Å²) >= 11 is 0. The summed E-state index contributed by atoms with van der Waals surface area (Å²) in [5.41, 5.74) is 2.18. The molecule has 0 amide bonds. The molecule has 0 aliphatic rings. The number of benzene rings is 2. The van der Waals surface area contributed by atoms with Crippen LogP contribution in [0, 0.1) is 0 Å². The Kier molecular flexibility index (Phi) is 6.91. The predicted molar refractivity (Wildman–Crippen MR) is 89.8 cm³/mol. The third-order valence-corrected chi connectivity index (χ3v) is 3.69. The molecular weight excluding hydrogens is 292 g/mol. The SMILES string of the molecule is COc1cc(CC[C@H](O)CCO)ccc1OCc1ccccc1. The summed E-state index contributed by atoms with van der Waals surface area (Å²) in [6, 6.07) is 15.8. The van der Waals surface area contributed by atoms with Crippen LogP contribution in [0.5, 0.6) is 11.5 Å². The Hall–Kier alpha value is -2.04. The van der Waals surface area contributed by atoms with E-state index < -0.39 is 6.10 Å². The maximum Gasteiger partial charge on any atom is 0.161 e. The van der Waals surface area contributed by atoms with Gasteiger partial charge in [0.15, 0.2) is 11.5 Å². The molecular formula is C19H24O4. The van der Waals surface area contributed by atoms with Crippen LogP contribution in [0.4, 0.5) is 0 Å². The Morgan fingerprint density at radius 1 is 0.957 bits per heavy atom. The van der Waals surface area contributed by atoms with Gasteiger partial charge in [-0.25, -0.2) is 0 Å². The van der Waals surface area contributed by atoms with Gasteiger partial charge in [-0.1, -0.05) is 36.4 Å². The van der Waals surface area contributed by atoms with Gasteiger partial charge in [0, 0.05) is 6.61 Å². The number of aliphatic hydroxyl groups is 2. The highest BCUT2D eigenvalue weighted by atomic mass is 16.5. The summed E-state index contributed by atoms with van der Waals surface area (Å²) < 4.78 is 11.2. The van der Waals surface area contributed by atoms with Crippen molar-refractivity contribution >= 4 is 0 Å². The first-order valence-electron chi connectivity index (χ1n) is 7.85. The molecule has 0 heterocycles. The molecule has 0 saturated carbocycles. The zero-order valence-corrected chi connectivity index (χ0v) is 13.4. The van der Waals surface area contributed by atoms with Crippen molar-refractivity contribution in [2.45, 2.75) is 32.0 Å². The van der Waals surface area contributed by atoms with E-state index in [1.54, 1.807) is 7.11 Å². The van der Waals surface area contributed by atoms with E-state index in [-0.39, 0.29) is 6.61 Å². The fourth-order valence-electron chi connectivity index (χ4n) is 2.35. The van der Waals surface area contributed by atoms with Gasteiger partial charge in [0.2, 0.25) is 0 Å². The fraction of sp³-hybridized carbons (Fsp3) is 0.368. The first kappa shape index (κ1) is 17.3. The van der Waals surface area contributed by atoms with E-state index in [2.05, 4.69) is 0 Å². The van der Waals surface area contributed by atoms with Gasteiger partial charge in [-0.05, 0) is 42.5 Å². The molecule has 2 aromatic rings. The molecule has 0 aromatic heterocycles. The van der Waals surface area contributed by atoms with E-state index in [1.165, 1.54) is 0 Å². The van der Waals surface area contributed by atoms with E-state index in [4.69, 9.17) is 14.6 Å². The van der Waals surface area contributed by atoms with E-state index in [0.717, 1.165) is 17.5 Å². The standard InChI is InChI=1S/C19H24O4/c1-22-19-13-15(7-9-17(21)11-12-20)8-10-18(19)23-14-16-5-3-2-4-6-16/h2-6,8,10,13,17,20-21H,7,9,11-12,14H2,1H3/t17-/m0/s1. The number of ether oxygens (including phenoxy) is 2. The molecule has 23 heavy (non-hydrogen) atoms. The number of rotatable bonds is 9. The van der Waals surface area contributed by atoms with Gasteiger partial charge in [-0.15, -0.1) is 0 Å². The van der Waals surface area contributed by atoms with Crippen molar-refractivity contribution in [3.63, 3.8) is 0 Å². The monoisotopic (exact) mass is 316 g/mol. The lowest BCUT2D eigenvalue weighted by Gasteiger charge is -2.13. The Bertz CT molecular complexity index is 583. The van der Waals surface area contributed by atoms with Crippen LogP contribution in [0.1, 0.15) is 24.0 Å². The smallest absolute Gasteiger partial charge is 0.161 e. The number of methoxy groups -OCH3 is 1. The molecule has 1 atom stereocenters. The molecule has 0 saturated heterocycles. The molecule has 4 heteroatoms. The first-order valence-corrected chi connectivity index (χ1v) is 7.85. The molecule has 0 fully saturated rings. The zero-order chi connectivity index (χ0) is 16.5. The van der Waals surface area contributed by atoms with Gasteiger partial charge in [0.05, 0.1) is 13.2 Å². The third-order valence-electron chi connectivity index (χ3n) is 3.69. The summed E-state index contributed by atoms with van der Waals surface area (Å²) in [5.74, 6) is 1.39. The van der Waals surface area contributed by atoms with Gasteiger partial charge in [-0.3, -0.25) is 0 Å². The average Bonchev–Trinajstić information content (AvgIpc) is 2.59. The van der Waals surface area contributed by atoms with E-state index >= 15 is 0 Å². The lowest BCUT2D eigenvalue weighted by atomic mass is 10.0. The molecule has 0 aliphatic carbocycles. The van der Waals surface area contributed by atoms with Crippen LogP contribution < -0.4 is 9.47 Å². The molecule has 4 nitrogen and oxygen atoms in total. The molecule has 0 bridgehead atoms. The summed E-state index contributed by atoms with van der Waals surface area (Å²) in [6.07, 6.45) is 1.29. The van der Waals surface area contributed by atoms with Crippen LogP contribution in [0.15, 0.2) is 48.5 Å².